The van der Waals surface area contributed by atoms with Crippen LogP contribution in [0.15, 0.2) is 12.1 Å². The highest BCUT2D eigenvalue weighted by Gasteiger charge is 2.23. The van der Waals surface area contributed by atoms with E-state index in [1.807, 2.05) is 19.9 Å². The van der Waals surface area contributed by atoms with E-state index in [4.69, 9.17) is 22.1 Å². The molecule has 106 valence electrons. The van der Waals surface area contributed by atoms with Crippen molar-refractivity contribution in [2.45, 2.75) is 57.4 Å². The largest absolute Gasteiger partial charge is 0.495 e. The molecule has 0 heterocycles. The molecular weight excluding hydrogens is 258 g/mol. The van der Waals surface area contributed by atoms with Gasteiger partial charge in [-0.25, -0.2) is 0 Å². The Morgan fingerprint density at radius 2 is 1.95 bits per heavy atom. The van der Waals surface area contributed by atoms with Crippen molar-refractivity contribution in [3.8, 4) is 5.75 Å². The molecule has 19 heavy (non-hydrogen) atoms. The Labute approximate surface area is 121 Å². The van der Waals surface area contributed by atoms with Gasteiger partial charge in [-0.1, -0.05) is 30.5 Å². The number of ether oxygens (including phenoxy) is 1. The molecule has 0 unspecified atom stereocenters. The SMILES string of the molecule is COc1c(Cl)cc(CC(C)(C)N)cc1C1CCCC1. The van der Waals surface area contributed by atoms with Gasteiger partial charge in [0.05, 0.1) is 12.1 Å². The minimum absolute atomic E-state index is 0.217. The van der Waals surface area contributed by atoms with Crippen LogP contribution in [-0.4, -0.2) is 12.6 Å². The van der Waals surface area contributed by atoms with Gasteiger partial charge in [0.15, 0.2) is 0 Å². The van der Waals surface area contributed by atoms with E-state index in [0.29, 0.717) is 10.9 Å². The highest BCUT2D eigenvalue weighted by atomic mass is 35.5. The van der Waals surface area contributed by atoms with E-state index in [1.165, 1.54) is 36.8 Å². The van der Waals surface area contributed by atoms with E-state index in [1.54, 1.807) is 7.11 Å². The maximum Gasteiger partial charge on any atom is 0.140 e. The van der Waals surface area contributed by atoms with Crippen LogP contribution in [0.2, 0.25) is 5.02 Å². The average Bonchev–Trinajstić information content (AvgIpc) is 2.79. The molecule has 1 saturated carbocycles. The summed E-state index contributed by atoms with van der Waals surface area (Å²) in [6, 6.07) is 4.24. The van der Waals surface area contributed by atoms with Crippen LogP contribution < -0.4 is 10.5 Å². The molecule has 1 aromatic rings. The maximum absolute atomic E-state index is 6.38. The lowest BCUT2D eigenvalue weighted by atomic mass is 9.90. The third-order valence-corrected chi connectivity index (χ3v) is 4.07. The summed E-state index contributed by atoms with van der Waals surface area (Å²) >= 11 is 6.38. The molecule has 2 N–H and O–H groups in total. The zero-order valence-electron chi connectivity index (χ0n) is 12.1. The number of rotatable bonds is 4. The Morgan fingerprint density at radius 3 is 2.47 bits per heavy atom. The van der Waals surface area contributed by atoms with Gasteiger partial charge in [-0.05, 0) is 56.2 Å². The van der Waals surface area contributed by atoms with Crippen molar-refractivity contribution in [1.82, 2.24) is 0 Å². The summed E-state index contributed by atoms with van der Waals surface area (Å²) in [6.07, 6.45) is 5.91. The van der Waals surface area contributed by atoms with Crippen molar-refractivity contribution < 1.29 is 4.74 Å². The molecule has 1 aromatic carbocycles. The first-order chi connectivity index (χ1) is 8.90. The quantitative estimate of drug-likeness (QED) is 0.894. The van der Waals surface area contributed by atoms with Crippen LogP contribution in [0.25, 0.3) is 0 Å². The average molecular weight is 282 g/mol. The summed E-state index contributed by atoms with van der Waals surface area (Å²) in [5.41, 5.74) is 8.38. The van der Waals surface area contributed by atoms with Crippen LogP contribution in [0.4, 0.5) is 0 Å². The fourth-order valence-electron chi connectivity index (χ4n) is 3.06. The summed E-state index contributed by atoms with van der Waals surface area (Å²) in [5, 5.41) is 0.714. The van der Waals surface area contributed by atoms with Gasteiger partial charge in [-0.3, -0.25) is 0 Å². The molecule has 0 amide bonds. The molecule has 0 radical (unpaired) electrons. The predicted molar refractivity (Wildman–Crippen MR) is 81.2 cm³/mol. The van der Waals surface area contributed by atoms with E-state index in [-0.39, 0.29) is 5.54 Å². The molecular formula is C16H24ClNO. The third-order valence-electron chi connectivity index (χ3n) is 3.79. The van der Waals surface area contributed by atoms with Gasteiger partial charge in [0.1, 0.15) is 5.75 Å². The fourth-order valence-corrected chi connectivity index (χ4v) is 3.38. The lowest BCUT2D eigenvalue weighted by molar-refractivity contribution is 0.405. The summed E-state index contributed by atoms with van der Waals surface area (Å²) in [5.74, 6) is 1.44. The molecule has 2 rings (SSSR count). The Morgan fingerprint density at radius 1 is 1.32 bits per heavy atom. The second-order valence-corrected chi connectivity index (χ2v) is 6.75. The number of halogens is 1. The number of methoxy groups -OCH3 is 1. The molecule has 0 saturated heterocycles. The van der Waals surface area contributed by atoms with Crippen LogP contribution >= 0.6 is 11.6 Å². The third kappa shape index (κ3) is 3.64. The highest BCUT2D eigenvalue weighted by molar-refractivity contribution is 6.32. The molecule has 1 fully saturated rings. The molecule has 0 aliphatic heterocycles. The van der Waals surface area contributed by atoms with Crippen molar-refractivity contribution in [2.24, 2.45) is 5.73 Å². The smallest absolute Gasteiger partial charge is 0.140 e. The lowest BCUT2D eigenvalue weighted by Crippen LogP contribution is -2.34. The van der Waals surface area contributed by atoms with E-state index < -0.39 is 0 Å². The second-order valence-electron chi connectivity index (χ2n) is 6.35. The number of hydrogen-bond acceptors (Lipinski definition) is 2. The first kappa shape index (κ1) is 14.7. The minimum Gasteiger partial charge on any atom is -0.495 e. The summed E-state index contributed by atoms with van der Waals surface area (Å²) in [4.78, 5) is 0. The standard InChI is InChI=1S/C16H24ClNO/c1-16(2,18)10-11-8-13(12-6-4-5-7-12)15(19-3)14(17)9-11/h8-9,12H,4-7,10,18H2,1-3H3. The number of hydrogen-bond donors (Lipinski definition) is 1. The first-order valence-electron chi connectivity index (χ1n) is 7.06. The number of benzene rings is 1. The molecule has 2 nitrogen and oxygen atoms in total. The van der Waals surface area contributed by atoms with E-state index in [9.17, 15) is 0 Å². The normalized spacial score (nSPS) is 16.9. The highest BCUT2D eigenvalue weighted by Crippen LogP contribution is 2.42. The second kappa shape index (κ2) is 5.72. The summed E-state index contributed by atoms with van der Waals surface area (Å²) in [6.45, 7) is 4.08. The van der Waals surface area contributed by atoms with Crippen molar-refractivity contribution in [2.75, 3.05) is 7.11 Å². The monoisotopic (exact) mass is 281 g/mol. The molecule has 1 aliphatic rings. The van der Waals surface area contributed by atoms with Gasteiger partial charge in [0.2, 0.25) is 0 Å². The van der Waals surface area contributed by atoms with Crippen molar-refractivity contribution in [1.29, 1.82) is 0 Å². The number of nitrogens with two attached hydrogens (primary N) is 1. The van der Waals surface area contributed by atoms with Crippen LogP contribution in [0.1, 0.15) is 56.6 Å². The van der Waals surface area contributed by atoms with Crippen molar-refractivity contribution >= 4 is 11.6 Å². The minimum atomic E-state index is -0.217. The van der Waals surface area contributed by atoms with Crippen molar-refractivity contribution in [3.05, 3.63) is 28.3 Å². The van der Waals surface area contributed by atoms with E-state index in [2.05, 4.69) is 6.07 Å². The molecule has 0 spiro atoms. The predicted octanol–water partition coefficient (Wildman–Crippen LogP) is 4.29. The van der Waals surface area contributed by atoms with Crippen LogP contribution in [0.3, 0.4) is 0 Å². The Hall–Kier alpha value is -0.730. The van der Waals surface area contributed by atoms with Gasteiger partial charge < -0.3 is 10.5 Å². The Bertz CT molecular complexity index is 445. The first-order valence-corrected chi connectivity index (χ1v) is 7.43. The Kier molecular flexibility index (Phi) is 4.42. The summed E-state index contributed by atoms with van der Waals surface area (Å²) < 4.78 is 5.51. The van der Waals surface area contributed by atoms with Gasteiger partial charge in [0, 0.05) is 5.54 Å². The molecule has 0 aromatic heterocycles. The summed E-state index contributed by atoms with van der Waals surface area (Å²) in [7, 11) is 1.70. The zero-order chi connectivity index (χ0) is 14.0. The lowest BCUT2D eigenvalue weighted by Gasteiger charge is -2.22. The van der Waals surface area contributed by atoms with E-state index in [0.717, 1.165) is 12.2 Å². The maximum atomic E-state index is 6.38. The fraction of sp³-hybridized carbons (Fsp3) is 0.625. The zero-order valence-corrected chi connectivity index (χ0v) is 12.9. The van der Waals surface area contributed by atoms with Crippen LogP contribution in [0, 0.1) is 0 Å². The van der Waals surface area contributed by atoms with Gasteiger partial charge in [-0.15, -0.1) is 0 Å². The molecule has 0 bridgehead atoms. The molecule has 1 aliphatic carbocycles. The Balaban J connectivity index is 2.37. The molecule has 3 heteroatoms. The van der Waals surface area contributed by atoms with Gasteiger partial charge in [0.25, 0.3) is 0 Å². The molecule has 0 atom stereocenters. The van der Waals surface area contributed by atoms with E-state index >= 15 is 0 Å². The van der Waals surface area contributed by atoms with Crippen LogP contribution in [0.5, 0.6) is 5.75 Å². The van der Waals surface area contributed by atoms with Crippen LogP contribution in [-0.2, 0) is 6.42 Å². The topological polar surface area (TPSA) is 35.2 Å². The van der Waals surface area contributed by atoms with Gasteiger partial charge in [-0.2, -0.15) is 0 Å². The van der Waals surface area contributed by atoms with Crippen molar-refractivity contribution in [3.63, 3.8) is 0 Å². The van der Waals surface area contributed by atoms with Gasteiger partial charge >= 0.3 is 0 Å².